The average molecular weight is 262 g/mol. The number of aryl methyl sites for hydroxylation is 1. The number of aliphatic hydroxyl groups excluding tert-OH is 1. The summed E-state index contributed by atoms with van der Waals surface area (Å²) in [6.07, 6.45) is 1.88. The summed E-state index contributed by atoms with van der Waals surface area (Å²) in [6, 6.07) is 5.73. The Hall–Kier alpha value is -1.55. The van der Waals surface area contributed by atoms with Gasteiger partial charge in [0.25, 0.3) is 5.91 Å². The van der Waals surface area contributed by atoms with Crippen molar-refractivity contribution in [3.8, 4) is 0 Å². The van der Waals surface area contributed by atoms with Crippen molar-refractivity contribution in [2.24, 2.45) is 0 Å². The number of hydrogen-bond acceptors (Lipinski definition) is 3. The van der Waals surface area contributed by atoms with E-state index in [1.54, 1.807) is 4.90 Å². The van der Waals surface area contributed by atoms with Crippen LogP contribution in [0.25, 0.3) is 0 Å². The molecule has 1 aliphatic heterocycles. The molecule has 4 heteroatoms. The Morgan fingerprint density at radius 3 is 2.95 bits per heavy atom. The normalized spacial score (nSPS) is 18.7. The number of rotatable bonds is 4. The van der Waals surface area contributed by atoms with E-state index in [4.69, 9.17) is 0 Å². The van der Waals surface area contributed by atoms with Gasteiger partial charge in [-0.15, -0.1) is 0 Å². The fraction of sp³-hybridized carbons (Fsp3) is 0.533. The Morgan fingerprint density at radius 2 is 2.32 bits per heavy atom. The summed E-state index contributed by atoms with van der Waals surface area (Å²) in [6.45, 7) is 5.72. The van der Waals surface area contributed by atoms with Gasteiger partial charge < -0.3 is 15.3 Å². The van der Waals surface area contributed by atoms with Crippen LogP contribution in [0, 0.1) is 6.92 Å². The van der Waals surface area contributed by atoms with E-state index in [0.717, 1.165) is 37.2 Å². The second-order valence-electron chi connectivity index (χ2n) is 5.04. The Kier molecular flexibility index (Phi) is 4.43. The third-order valence-electron chi connectivity index (χ3n) is 3.69. The predicted octanol–water partition coefficient (Wildman–Crippen LogP) is 2.02. The van der Waals surface area contributed by atoms with Gasteiger partial charge in [0, 0.05) is 24.3 Å². The first-order valence-electron chi connectivity index (χ1n) is 6.93. The van der Waals surface area contributed by atoms with Crippen LogP contribution in [0.15, 0.2) is 18.2 Å². The first kappa shape index (κ1) is 13.9. The molecule has 2 rings (SSSR count). The molecule has 0 bridgehead atoms. The highest BCUT2D eigenvalue weighted by Crippen LogP contribution is 2.22. The molecule has 104 valence electrons. The van der Waals surface area contributed by atoms with Crippen LogP contribution in [0.3, 0.4) is 0 Å². The van der Waals surface area contributed by atoms with Crippen molar-refractivity contribution in [3.63, 3.8) is 0 Å². The van der Waals surface area contributed by atoms with E-state index < -0.39 is 0 Å². The first-order valence-corrected chi connectivity index (χ1v) is 6.93. The quantitative estimate of drug-likeness (QED) is 0.873. The van der Waals surface area contributed by atoms with Gasteiger partial charge >= 0.3 is 0 Å². The van der Waals surface area contributed by atoms with Crippen molar-refractivity contribution in [1.82, 2.24) is 4.90 Å². The largest absolute Gasteiger partial charge is 0.394 e. The fourth-order valence-electron chi connectivity index (χ4n) is 2.64. The minimum atomic E-state index is -0.0127. The topological polar surface area (TPSA) is 52.6 Å². The molecule has 1 atom stereocenters. The maximum Gasteiger partial charge on any atom is 0.254 e. The smallest absolute Gasteiger partial charge is 0.254 e. The van der Waals surface area contributed by atoms with Gasteiger partial charge in [-0.3, -0.25) is 4.79 Å². The highest BCUT2D eigenvalue weighted by Gasteiger charge is 2.28. The van der Waals surface area contributed by atoms with Gasteiger partial charge in [-0.1, -0.05) is 0 Å². The number of carbonyl (C=O) groups is 1. The Bertz CT molecular complexity index is 459. The van der Waals surface area contributed by atoms with E-state index in [1.165, 1.54) is 0 Å². The van der Waals surface area contributed by atoms with Crippen molar-refractivity contribution < 1.29 is 9.90 Å². The molecule has 1 amide bonds. The van der Waals surface area contributed by atoms with Crippen LogP contribution in [-0.4, -0.2) is 41.7 Å². The molecule has 1 saturated heterocycles. The molecule has 2 N–H and O–H groups in total. The van der Waals surface area contributed by atoms with E-state index in [1.807, 2.05) is 25.1 Å². The minimum Gasteiger partial charge on any atom is -0.394 e. The van der Waals surface area contributed by atoms with Gasteiger partial charge in [-0.2, -0.15) is 0 Å². The van der Waals surface area contributed by atoms with Gasteiger partial charge in [0.15, 0.2) is 0 Å². The van der Waals surface area contributed by atoms with Gasteiger partial charge in [0.2, 0.25) is 0 Å². The van der Waals surface area contributed by atoms with Crippen LogP contribution in [-0.2, 0) is 0 Å². The van der Waals surface area contributed by atoms with Crippen molar-refractivity contribution in [2.75, 3.05) is 25.0 Å². The van der Waals surface area contributed by atoms with Crippen LogP contribution >= 0.6 is 0 Å². The fourth-order valence-corrected chi connectivity index (χ4v) is 2.64. The van der Waals surface area contributed by atoms with E-state index in [0.29, 0.717) is 5.56 Å². The number of amides is 1. The summed E-state index contributed by atoms with van der Waals surface area (Å²) < 4.78 is 0. The highest BCUT2D eigenvalue weighted by molar-refractivity contribution is 5.95. The lowest BCUT2D eigenvalue weighted by molar-refractivity contribution is 0.0677. The summed E-state index contributed by atoms with van der Waals surface area (Å²) >= 11 is 0. The number of anilines is 1. The van der Waals surface area contributed by atoms with Gasteiger partial charge in [-0.25, -0.2) is 0 Å². The monoisotopic (exact) mass is 262 g/mol. The maximum absolute atomic E-state index is 12.4. The minimum absolute atomic E-state index is 0.0127. The van der Waals surface area contributed by atoms with Crippen molar-refractivity contribution in [3.05, 3.63) is 29.3 Å². The van der Waals surface area contributed by atoms with E-state index in [-0.39, 0.29) is 18.6 Å². The Labute approximate surface area is 114 Å². The Balaban J connectivity index is 2.17. The third kappa shape index (κ3) is 2.89. The van der Waals surface area contributed by atoms with Crippen LogP contribution in [0.2, 0.25) is 0 Å². The number of likely N-dealkylation sites (tertiary alicyclic amines) is 1. The van der Waals surface area contributed by atoms with Gasteiger partial charge in [0.1, 0.15) is 0 Å². The second kappa shape index (κ2) is 6.06. The van der Waals surface area contributed by atoms with Crippen molar-refractivity contribution in [1.29, 1.82) is 0 Å². The van der Waals surface area contributed by atoms with Crippen molar-refractivity contribution in [2.45, 2.75) is 32.7 Å². The van der Waals surface area contributed by atoms with E-state index >= 15 is 0 Å². The van der Waals surface area contributed by atoms with Crippen LogP contribution in [0.4, 0.5) is 5.69 Å². The molecule has 1 aromatic rings. The van der Waals surface area contributed by atoms with Crippen LogP contribution in [0.1, 0.15) is 35.7 Å². The summed E-state index contributed by atoms with van der Waals surface area (Å²) in [5, 5.41) is 12.6. The van der Waals surface area contributed by atoms with Crippen molar-refractivity contribution >= 4 is 11.6 Å². The lowest BCUT2D eigenvalue weighted by atomic mass is 10.1. The molecule has 0 saturated carbocycles. The van der Waals surface area contributed by atoms with Crippen LogP contribution in [0.5, 0.6) is 0 Å². The molecule has 0 aromatic heterocycles. The molecule has 1 unspecified atom stereocenters. The summed E-state index contributed by atoms with van der Waals surface area (Å²) in [5.41, 5.74) is 2.85. The molecule has 1 aliphatic rings. The SMILES string of the molecule is CCNc1ccc(C(=O)N2CCCC2CO)cc1C. The zero-order chi connectivity index (χ0) is 13.8. The predicted molar refractivity (Wildman–Crippen MR) is 76.5 cm³/mol. The molecular formula is C15H22N2O2. The maximum atomic E-state index is 12.4. The second-order valence-corrected chi connectivity index (χ2v) is 5.04. The molecule has 0 radical (unpaired) electrons. The molecule has 4 nitrogen and oxygen atoms in total. The van der Waals surface area contributed by atoms with Gasteiger partial charge in [-0.05, 0) is 50.5 Å². The van der Waals surface area contributed by atoms with E-state index in [2.05, 4.69) is 12.2 Å². The third-order valence-corrected chi connectivity index (χ3v) is 3.69. The summed E-state index contributed by atoms with van der Waals surface area (Å²) in [5.74, 6) is 0.0303. The zero-order valence-corrected chi connectivity index (χ0v) is 11.6. The number of nitrogens with one attached hydrogen (secondary N) is 1. The molecule has 1 aromatic carbocycles. The lowest BCUT2D eigenvalue weighted by Gasteiger charge is -2.23. The number of aliphatic hydroxyl groups is 1. The zero-order valence-electron chi connectivity index (χ0n) is 11.6. The van der Waals surface area contributed by atoms with E-state index in [9.17, 15) is 9.90 Å². The first-order chi connectivity index (χ1) is 9.17. The summed E-state index contributed by atoms with van der Waals surface area (Å²) in [7, 11) is 0. The number of nitrogens with zero attached hydrogens (tertiary/aromatic N) is 1. The molecular weight excluding hydrogens is 240 g/mol. The number of carbonyl (C=O) groups excluding carboxylic acids is 1. The van der Waals surface area contributed by atoms with Crippen LogP contribution < -0.4 is 5.32 Å². The molecule has 1 heterocycles. The molecule has 19 heavy (non-hydrogen) atoms. The molecule has 0 aliphatic carbocycles. The summed E-state index contributed by atoms with van der Waals surface area (Å²) in [4.78, 5) is 14.2. The molecule has 1 fully saturated rings. The highest BCUT2D eigenvalue weighted by atomic mass is 16.3. The Morgan fingerprint density at radius 1 is 1.53 bits per heavy atom. The standard InChI is InChI=1S/C15H22N2O2/c1-3-16-14-7-6-12(9-11(14)2)15(19)17-8-4-5-13(17)10-18/h6-7,9,13,16,18H,3-5,8,10H2,1-2H3. The number of benzene rings is 1. The lowest BCUT2D eigenvalue weighted by Crippen LogP contribution is -2.37. The van der Waals surface area contributed by atoms with Gasteiger partial charge in [0.05, 0.1) is 12.6 Å². The number of hydrogen-bond donors (Lipinski definition) is 2. The average Bonchev–Trinajstić information content (AvgIpc) is 2.88. The molecule has 0 spiro atoms.